The second kappa shape index (κ2) is 11.1. The molecular weight excluding hydrogens is 478 g/mol. The van der Waals surface area contributed by atoms with Gasteiger partial charge in [-0.2, -0.15) is 0 Å². The van der Waals surface area contributed by atoms with Gasteiger partial charge in [0.1, 0.15) is 4.32 Å². The summed E-state index contributed by atoms with van der Waals surface area (Å²) in [5.41, 5.74) is 5.28. The molecule has 1 aliphatic heterocycles. The average molecular weight is 504 g/mol. The van der Waals surface area contributed by atoms with Crippen molar-refractivity contribution in [2.45, 2.75) is 38.0 Å². The largest absolute Gasteiger partial charge is 0.293 e. The summed E-state index contributed by atoms with van der Waals surface area (Å²) < 4.78 is 24.9. The summed E-state index contributed by atoms with van der Waals surface area (Å²) in [4.78, 5) is 28.9. The fourth-order valence-corrected chi connectivity index (χ4v) is 5.22. The van der Waals surface area contributed by atoms with E-state index in [-0.39, 0.29) is 23.8 Å². The van der Waals surface area contributed by atoms with E-state index in [0.717, 1.165) is 17.5 Å². The average Bonchev–Trinajstić information content (AvgIpc) is 3.06. The molecule has 0 atom stereocenters. The van der Waals surface area contributed by atoms with Crippen molar-refractivity contribution >= 4 is 56.2 Å². The summed E-state index contributed by atoms with van der Waals surface area (Å²) in [6, 6.07) is 14.3. The maximum Gasteiger partial charge on any atom is 0.266 e. The third-order valence-electron chi connectivity index (χ3n) is 5.00. The summed E-state index contributed by atoms with van der Waals surface area (Å²) in [5.74, 6) is -0.687. The predicted molar refractivity (Wildman–Crippen MR) is 135 cm³/mol. The Balaban J connectivity index is 1.49. The lowest BCUT2D eigenvalue weighted by atomic mass is 10.1. The molecule has 1 heterocycles. The molecule has 3 rings (SSSR count). The smallest absolute Gasteiger partial charge is 0.266 e. The van der Waals surface area contributed by atoms with Crippen LogP contribution in [0.25, 0.3) is 6.08 Å². The summed E-state index contributed by atoms with van der Waals surface area (Å²) in [6.07, 6.45) is 3.13. The Bertz CT molecular complexity index is 1170. The number of hydrogen-bond acceptors (Lipinski definition) is 6. The van der Waals surface area contributed by atoms with E-state index >= 15 is 0 Å². The number of nitrogens with one attached hydrogen (secondary N) is 2. The van der Waals surface area contributed by atoms with E-state index in [2.05, 4.69) is 17.2 Å². The van der Waals surface area contributed by atoms with Crippen LogP contribution in [0.3, 0.4) is 0 Å². The van der Waals surface area contributed by atoms with Crippen LogP contribution in [0.1, 0.15) is 36.5 Å². The molecule has 1 aliphatic rings. The normalized spacial score (nSPS) is 15.3. The van der Waals surface area contributed by atoms with Crippen molar-refractivity contribution < 1.29 is 18.0 Å². The Morgan fingerprint density at radius 1 is 1.12 bits per heavy atom. The third kappa shape index (κ3) is 6.73. The molecule has 33 heavy (non-hydrogen) atoms. The molecule has 7 nitrogen and oxygen atoms in total. The third-order valence-corrected chi connectivity index (χ3v) is 7.64. The molecular formula is C23H25N3O4S3. The molecule has 0 aromatic heterocycles. The van der Waals surface area contributed by atoms with Crippen LogP contribution in [0, 0.1) is 6.92 Å². The lowest BCUT2D eigenvalue weighted by Gasteiger charge is -2.14. The molecule has 0 spiro atoms. The van der Waals surface area contributed by atoms with Gasteiger partial charge in [0, 0.05) is 13.0 Å². The van der Waals surface area contributed by atoms with Crippen LogP contribution < -0.4 is 10.3 Å². The molecule has 0 saturated carbocycles. The maximum atomic E-state index is 12.7. The second-order valence-corrected chi connectivity index (χ2v) is 10.9. The SMILES string of the molecule is CCc1ccc(C=C2SC(=S)N(CCCC(=O)NNS(=O)(=O)c3ccc(C)cc3)C2=O)cc1. The molecule has 2 aromatic rings. The van der Waals surface area contributed by atoms with Crippen molar-refractivity contribution in [1.82, 2.24) is 15.2 Å². The lowest BCUT2D eigenvalue weighted by Crippen LogP contribution is -2.41. The monoisotopic (exact) mass is 503 g/mol. The molecule has 2 aromatic carbocycles. The summed E-state index contributed by atoms with van der Waals surface area (Å²) in [7, 11) is -3.85. The minimum atomic E-state index is -3.85. The van der Waals surface area contributed by atoms with Gasteiger partial charge >= 0.3 is 0 Å². The number of hydrazine groups is 1. The highest BCUT2D eigenvalue weighted by Crippen LogP contribution is 2.32. The van der Waals surface area contributed by atoms with Crippen LogP contribution in [0.5, 0.6) is 0 Å². The number of sulfonamides is 1. The molecule has 0 radical (unpaired) electrons. The van der Waals surface area contributed by atoms with Crippen LogP contribution in [-0.4, -0.2) is 36.0 Å². The minimum Gasteiger partial charge on any atom is -0.293 e. The van der Waals surface area contributed by atoms with Crippen molar-refractivity contribution in [2.24, 2.45) is 0 Å². The van der Waals surface area contributed by atoms with Crippen molar-refractivity contribution in [3.8, 4) is 0 Å². The summed E-state index contributed by atoms with van der Waals surface area (Å²) in [6.45, 7) is 4.21. The zero-order chi connectivity index (χ0) is 24.0. The van der Waals surface area contributed by atoms with Gasteiger partial charge in [0.2, 0.25) is 5.91 Å². The highest BCUT2D eigenvalue weighted by atomic mass is 32.2. The van der Waals surface area contributed by atoms with Crippen LogP contribution in [0.2, 0.25) is 0 Å². The Morgan fingerprint density at radius 3 is 2.42 bits per heavy atom. The van der Waals surface area contributed by atoms with Crippen LogP contribution in [0.15, 0.2) is 58.3 Å². The Kier molecular flexibility index (Phi) is 8.41. The minimum absolute atomic E-state index is 0.0327. The van der Waals surface area contributed by atoms with Gasteiger partial charge in [-0.3, -0.25) is 19.9 Å². The van der Waals surface area contributed by atoms with E-state index in [1.807, 2.05) is 37.3 Å². The number of hydrogen-bond donors (Lipinski definition) is 2. The van der Waals surface area contributed by atoms with Gasteiger partial charge in [0.25, 0.3) is 15.9 Å². The van der Waals surface area contributed by atoms with E-state index in [0.29, 0.717) is 15.6 Å². The Hall–Kier alpha value is -2.53. The fraction of sp³-hybridized carbons (Fsp3) is 0.261. The molecule has 1 fully saturated rings. The van der Waals surface area contributed by atoms with Crippen molar-refractivity contribution in [1.29, 1.82) is 0 Å². The number of aryl methyl sites for hydroxylation is 2. The molecule has 10 heteroatoms. The number of thiocarbonyl (C=S) groups is 1. The number of amides is 2. The zero-order valence-corrected chi connectivity index (χ0v) is 20.8. The van der Waals surface area contributed by atoms with Gasteiger partial charge in [0.05, 0.1) is 9.80 Å². The number of nitrogens with zero attached hydrogens (tertiary/aromatic N) is 1. The number of benzene rings is 2. The number of rotatable bonds is 9. The van der Waals surface area contributed by atoms with Crippen LogP contribution in [0.4, 0.5) is 0 Å². The van der Waals surface area contributed by atoms with Gasteiger partial charge in [0.15, 0.2) is 0 Å². The van der Waals surface area contributed by atoms with Crippen LogP contribution in [-0.2, 0) is 26.0 Å². The first kappa shape index (κ1) is 25.1. The van der Waals surface area contributed by atoms with Gasteiger partial charge in [-0.1, -0.05) is 72.9 Å². The Labute approximate surface area is 203 Å². The quantitative estimate of drug-likeness (QED) is 0.309. The highest BCUT2D eigenvalue weighted by molar-refractivity contribution is 8.26. The highest BCUT2D eigenvalue weighted by Gasteiger charge is 2.31. The van der Waals surface area contributed by atoms with E-state index in [9.17, 15) is 18.0 Å². The van der Waals surface area contributed by atoms with Gasteiger partial charge in [-0.25, -0.2) is 8.42 Å². The van der Waals surface area contributed by atoms with Crippen molar-refractivity contribution in [3.05, 3.63) is 70.1 Å². The summed E-state index contributed by atoms with van der Waals surface area (Å²) in [5, 5.41) is 0. The van der Waals surface area contributed by atoms with Gasteiger partial charge < -0.3 is 0 Å². The van der Waals surface area contributed by atoms with E-state index in [1.165, 1.54) is 34.4 Å². The standard InChI is InChI=1S/C23H25N3O4S3/c1-3-17-8-10-18(11-9-17)15-20-22(28)26(23(31)32-20)14-4-5-21(27)24-25-33(29,30)19-12-6-16(2)7-13-19/h6-13,15,25H,3-5,14H2,1-2H3,(H,24,27). The first-order valence-corrected chi connectivity index (χ1v) is 13.1. The van der Waals surface area contributed by atoms with Crippen molar-refractivity contribution in [3.63, 3.8) is 0 Å². The van der Waals surface area contributed by atoms with E-state index in [4.69, 9.17) is 12.2 Å². The van der Waals surface area contributed by atoms with E-state index < -0.39 is 15.9 Å². The molecule has 2 N–H and O–H groups in total. The first-order valence-electron chi connectivity index (χ1n) is 10.4. The maximum absolute atomic E-state index is 12.7. The fourth-order valence-electron chi connectivity index (χ4n) is 3.05. The second-order valence-electron chi connectivity index (χ2n) is 7.50. The van der Waals surface area contributed by atoms with E-state index in [1.54, 1.807) is 12.1 Å². The molecule has 0 bridgehead atoms. The molecule has 2 amide bonds. The Morgan fingerprint density at radius 2 is 1.79 bits per heavy atom. The van der Waals surface area contributed by atoms with Gasteiger partial charge in [-0.05, 0) is 49.1 Å². The van der Waals surface area contributed by atoms with Crippen LogP contribution >= 0.6 is 24.0 Å². The molecule has 0 aliphatic carbocycles. The molecule has 174 valence electrons. The molecule has 0 unspecified atom stereocenters. The summed E-state index contributed by atoms with van der Waals surface area (Å²) >= 11 is 6.56. The zero-order valence-electron chi connectivity index (χ0n) is 18.3. The topological polar surface area (TPSA) is 95.6 Å². The number of carbonyl (C=O) groups excluding carboxylic acids is 2. The van der Waals surface area contributed by atoms with Crippen molar-refractivity contribution in [2.75, 3.05) is 6.54 Å². The van der Waals surface area contributed by atoms with Gasteiger partial charge in [-0.15, -0.1) is 4.83 Å². The lowest BCUT2D eigenvalue weighted by molar-refractivity contribution is -0.124. The number of carbonyl (C=O) groups is 2. The predicted octanol–water partition coefficient (Wildman–Crippen LogP) is 3.55. The first-order chi connectivity index (χ1) is 15.7. The number of thioether (sulfide) groups is 1. The molecule has 1 saturated heterocycles.